The van der Waals surface area contributed by atoms with Gasteiger partial charge < -0.3 is 9.80 Å². The number of hydrogen-bond donors (Lipinski definition) is 0. The van der Waals surface area contributed by atoms with Crippen LogP contribution in [-0.2, 0) is 0 Å². The summed E-state index contributed by atoms with van der Waals surface area (Å²) >= 11 is 0. The van der Waals surface area contributed by atoms with E-state index in [1.165, 1.54) is 89.6 Å². The monoisotopic (exact) mass is 876 g/mol. The maximum absolute atomic E-state index is 2.64. The van der Waals surface area contributed by atoms with E-state index in [0.29, 0.717) is 0 Å². The van der Waals surface area contributed by atoms with E-state index in [2.05, 4.69) is 265 Å². The lowest BCUT2D eigenvalue weighted by atomic mass is 9.86. The SMILES string of the molecule is C1=CCCC(N(c2ccc(-c3c(-c4ccccc4)cc(N(C4=CC=C(c5ccccc5)CC4)C4C=CC(c5ccccc5)=CC4)cc3-c3ccccc3)cc2)C2C=CC(c3ccccc3)=CC2)=C1. The quantitative estimate of drug-likeness (QED) is 0.121. The van der Waals surface area contributed by atoms with Crippen molar-refractivity contribution in [3.63, 3.8) is 0 Å². The molecule has 0 saturated carbocycles. The molecule has 0 spiro atoms. The van der Waals surface area contributed by atoms with Crippen LogP contribution in [0.5, 0.6) is 0 Å². The normalized spacial score (nSPS) is 17.6. The minimum absolute atomic E-state index is 0.139. The minimum atomic E-state index is 0.139. The van der Waals surface area contributed by atoms with Gasteiger partial charge in [-0.25, -0.2) is 0 Å². The molecule has 4 aliphatic rings. The molecule has 4 aliphatic carbocycles. The molecule has 68 heavy (non-hydrogen) atoms. The predicted octanol–water partition coefficient (Wildman–Crippen LogP) is 17.1. The van der Waals surface area contributed by atoms with Crippen LogP contribution in [0.25, 0.3) is 50.1 Å². The second-order valence-electron chi connectivity index (χ2n) is 18.2. The van der Waals surface area contributed by atoms with E-state index in [-0.39, 0.29) is 12.1 Å². The Morgan fingerprint density at radius 1 is 0.382 bits per heavy atom. The average Bonchev–Trinajstić information content (AvgIpc) is 3.43. The van der Waals surface area contributed by atoms with Crippen LogP contribution in [0.15, 0.2) is 266 Å². The van der Waals surface area contributed by atoms with Crippen molar-refractivity contribution in [2.75, 3.05) is 9.80 Å². The van der Waals surface area contributed by atoms with Crippen LogP contribution in [0.2, 0.25) is 0 Å². The fourth-order valence-electron chi connectivity index (χ4n) is 10.5. The van der Waals surface area contributed by atoms with Gasteiger partial charge in [0.2, 0.25) is 0 Å². The van der Waals surface area contributed by atoms with Gasteiger partial charge in [0.05, 0.1) is 12.1 Å². The van der Waals surface area contributed by atoms with Gasteiger partial charge in [0.25, 0.3) is 0 Å². The van der Waals surface area contributed by atoms with Crippen molar-refractivity contribution in [3.8, 4) is 33.4 Å². The van der Waals surface area contributed by atoms with Gasteiger partial charge in [-0.15, -0.1) is 0 Å². The largest absolute Gasteiger partial charge is 0.338 e. The Kier molecular flexibility index (Phi) is 12.5. The third kappa shape index (κ3) is 9.11. The topological polar surface area (TPSA) is 6.48 Å². The van der Waals surface area contributed by atoms with Gasteiger partial charge in [0, 0.05) is 22.8 Å². The Balaban J connectivity index is 1.03. The second-order valence-corrected chi connectivity index (χ2v) is 18.2. The molecule has 0 radical (unpaired) electrons. The van der Waals surface area contributed by atoms with Gasteiger partial charge >= 0.3 is 0 Å². The molecule has 0 amide bonds. The van der Waals surface area contributed by atoms with Gasteiger partial charge in [-0.1, -0.05) is 218 Å². The molecule has 0 fully saturated rings. The Morgan fingerprint density at radius 3 is 1.29 bits per heavy atom. The lowest BCUT2D eigenvalue weighted by Gasteiger charge is -2.37. The summed E-state index contributed by atoms with van der Waals surface area (Å²) in [7, 11) is 0. The zero-order valence-electron chi connectivity index (χ0n) is 38.5. The van der Waals surface area contributed by atoms with Crippen molar-refractivity contribution < 1.29 is 0 Å². The summed E-state index contributed by atoms with van der Waals surface area (Å²) in [6.45, 7) is 0. The number of nitrogens with zero attached hydrogens (tertiary/aromatic N) is 2. The Hall–Kier alpha value is -7.94. The summed E-state index contributed by atoms with van der Waals surface area (Å²) in [5.74, 6) is 0. The first-order chi connectivity index (χ1) is 33.7. The fourth-order valence-corrected chi connectivity index (χ4v) is 10.5. The van der Waals surface area contributed by atoms with Crippen LogP contribution in [-0.4, -0.2) is 12.1 Å². The van der Waals surface area contributed by atoms with Gasteiger partial charge in [-0.05, 0) is 142 Å². The average molecular weight is 877 g/mol. The molecule has 0 aliphatic heterocycles. The molecule has 0 bridgehead atoms. The molecule has 2 unspecified atom stereocenters. The highest BCUT2D eigenvalue weighted by Crippen LogP contribution is 2.46. The van der Waals surface area contributed by atoms with Crippen molar-refractivity contribution in [2.24, 2.45) is 0 Å². The maximum Gasteiger partial charge on any atom is 0.0557 e. The van der Waals surface area contributed by atoms with Gasteiger partial charge in [0.1, 0.15) is 0 Å². The smallest absolute Gasteiger partial charge is 0.0557 e. The molecule has 7 aromatic carbocycles. The van der Waals surface area contributed by atoms with Crippen molar-refractivity contribution in [2.45, 2.75) is 50.6 Å². The summed E-state index contributed by atoms with van der Waals surface area (Å²) in [6, 6.07) is 69.2. The summed E-state index contributed by atoms with van der Waals surface area (Å²) in [5.41, 5.74) is 20.2. The molecular formula is C66H56N2. The molecule has 11 rings (SSSR count). The summed E-state index contributed by atoms with van der Waals surface area (Å²) in [6.07, 6.45) is 31.7. The van der Waals surface area contributed by atoms with Gasteiger partial charge in [-0.2, -0.15) is 0 Å². The molecule has 2 atom stereocenters. The van der Waals surface area contributed by atoms with Crippen molar-refractivity contribution in [3.05, 3.63) is 283 Å². The summed E-state index contributed by atoms with van der Waals surface area (Å²) in [4.78, 5) is 5.21. The highest BCUT2D eigenvalue weighted by molar-refractivity contribution is 5.98. The van der Waals surface area contributed by atoms with E-state index >= 15 is 0 Å². The standard InChI is InChI=1S/C66H56N2/c1-7-19-49(20-8-1)52-31-39-59(40-32-52)67(58-29-17-6-18-30-58)60-45-37-57(38-46-60)66-64(55-25-13-4-14-26-55)47-63(48-65(66)56-27-15-5-16-28-56)68(61-41-33-53(34-42-61)50-21-9-2-10-22-50)62-43-35-54(36-44-62)51-23-11-3-12-24-51/h1-17,19-29,31-35,37-39,41,43,45-48,59,61H,18,30,36,40,42,44H2. The van der Waals surface area contributed by atoms with E-state index < -0.39 is 0 Å². The van der Waals surface area contributed by atoms with E-state index in [4.69, 9.17) is 0 Å². The molecule has 2 nitrogen and oxygen atoms in total. The van der Waals surface area contributed by atoms with Crippen molar-refractivity contribution >= 4 is 28.1 Å². The highest BCUT2D eigenvalue weighted by Gasteiger charge is 2.28. The molecule has 0 saturated heterocycles. The number of benzene rings is 7. The molecular weight excluding hydrogens is 821 g/mol. The lowest BCUT2D eigenvalue weighted by molar-refractivity contribution is 0.722. The van der Waals surface area contributed by atoms with Crippen LogP contribution in [0.3, 0.4) is 0 Å². The zero-order chi connectivity index (χ0) is 45.5. The molecule has 0 aromatic heterocycles. The highest BCUT2D eigenvalue weighted by atomic mass is 15.2. The van der Waals surface area contributed by atoms with Crippen LogP contribution in [0.4, 0.5) is 11.4 Å². The number of rotatable bonds is 12. The van der Waals surface area contributed by atoms with Crippen LogP contribution < -0.4 is 9.80 Å². The summed E-state index contributed by atoms with van der Waals surface area (Å²) < 4.78 is 0. The fraction of sp³-hybridized carbons (Fsp3) is 0.121. The van der Waals surface area contributed by atoms with Crippen LogP contribution in [0, 0.1) is 0 Å². The van der Waals surface area contributed by atoms with E-state index in [1.54, 1.807) is 0 Å². The Labute approximate surface area is 403 Å². The Bertz CT molecular complexity index is 3070. The lowest BCUT2D eigenvalue weighted by Crippen LogP contribution is -2.34. The number of allylic oxidation sites excluding steroid dienone is 12. The van der Waals surface area contributed by atoms with Crippen LogP contribution in [0.1, 0.15) is 55.2 Å². The Morgan fingerprint density at radius 2 is 0.853 bits per heavy atom. The predicted molar refractivity (Wildman–Crippen MR) is 290 cm³/mol. The third-order valence-corrected chi connectivity index (χ3v) is 13.9. The van der Waals surface area contributed by atoms with E-state index in [1.807, 2.05) is 0 Å². The molecule has 330 valence electrons. The first-order valence-electron chi connectivity index (χ1n) is 24.4. The second kappa shape index (κ2) is 19.9. The van der Waals surface area contributed by atoms with E-state index in [9.17, 15) is 0 Å². The molecule has 0 N–H and O–H groups in total. The molecule has 0 heterocycles. The molecule has 2 heteroatoms. The van der Waals surface area contributed by atoms with E-state index in [0.717, 1.165) is 38.5 Å². The van der Waals surface area contributed by atoms with Crippen molar-refractivity contribution in [1.82, 2.24) is 0 Å². The first-order valence-corrected chi connectivity index (χ1v) is 24.4. The minimum Gasteiger partial charge on any atom is -0.338 e. The number of anilines is 2. The third-order valence-electron chi connectivity index (χ3n) is 13.9. The zero-order valence-corrected chi connectivity index (χ0v) is 38.5. The maximum atomic E-state index is 2.64. The van der Waals surface area contributed by atoms with Gasteiger partial charge in [-0.3, -0.25) is 0 Å². The molecule has 7 aromatic rings. The first kappa shape index (κ1) is 42.7. The van der Waals surface area contributed by atoms with Gasteiger partial charge in [0.15, 0.2) is 0 Å². The van der Waals surface area contributed by atoms with Crippen LogP contribution >= 0.6 is 0 Å². The van der Waals surface area contributed by atoms with Crippen molar-refractivity contribution in [1.29, 1.82) is 0 Å². The summed E-state index contributed by atoms with van der Waals surface area (Å²) in [5, 5.41) is 0. The number of hydrogen-bond acceptors (Lipinski definition) is 2.